The molecule has 8 heteroatoms. The normalized spacial score (nSPS) is 15.3. The van der Waals surface area contributed by atoms with Crippen molar-refractivity contribution in [1.29, 1.82) is 0 Å². The van der Waals surface area contributed by atoms with Crippen molar-refractivity contribution in [1.82, 2.24) is 9.29 Å². The fourth-order valence-corrected chi connectivity index (χ4v) is 6.18. The summed E-state index contributed by atoms with van der Waals surface area (Å²) in [7, 11) is -3.52. The smallest absolute Gasteiger partial charge is 0.244 e. The van der Waals surface area contributed by atoms with Gasteiger partial charge in [-0.1, -0.05) is 54.2 Å². The van der Waals surface area contributed by atoms with Crippen LogP contribution >= 0.6 is 11.8 Å². The minimum atomic E-state index is -3.52. The van der Waals surface area contributed by atoms with Crippen molar-refractivity contribution in [3.8, 4) is 0 Å². The van der Waals surface area contributed by atoms with E-state index in [0.29, 0.717) is 18.1 Å². The van der Waals surface area contributed by atoms with Gasteiger partial charge in [-0.05, 0) is 61.6 Å². The highest BCUT2D eigenvalue weighted by atomic mass is 32.2. The number of nitrogens with zero attached hydrogens (tertiary/aromatic N) is 2. The quantitative estimate of drug-likeness (QED) is 0.483. The van der Waals surface area contributed by atoms with Crippen LogP contribution in [0.3, 0.4) is 0 Å². The maximum Gasteiger partial charge on any atom is 0.244 e. The van der Waals surface area contributed by atoms with Crippen LogP contribution in [-0.4, -0.2) is 36.7 Å². The molecule has 4 rings (SSSR count). The maximum absolute atomic E-state index is 13.3. The van der Waals surface area contributed by atoms with Gasteiger partial charge in [0.15, 0.2) is 0 Å². The molecule has 1 amide bonds. The van der Waals surface area contributed by atoms with E-state index in [0.717, 1.165) is 35.2 Å². The SMILES string of the molecule is Cc1ccc(C)c(NC(=O)[C@H](Sc2ccc(S(=O)(=O)N3CCCC3)cn2)c2ccccc2)c1. The summed E-state index contributed by atoms with van der Waals surface area (Å²) in [5, 5.41) is 3.09. The van der Waals surface area contributed by atoms with Gasteiger partial charge in [0.25, 0.3) is 0 Å². The number of thioether (sulfide) groups is 1. The number of hydrogen-bond donors (Lipinski definition) is 1. The molecule has 33 heavy (non-hydrogen) atoms. The summed E-state index contributed by atoms with van der Waals surface area (Å²) < 4.78 is 27.1. The molecular weight excluding hydrogens is 454 g/mol. The third kappa shape index (κ3) is 5.46. The fourth-order valence-electron chi connectivity index (χ4n) is 3.76. The lowest BCUT2D eigenvalue weighted by molar-refractivity contribution is -0.115. The molecule has 0 bridgehead atoms. The van der Waals surface area contributed by atoms with Crippen LogP contribution in [0.15, 0.2) is 76.8 Å². The largest absolute Gasteiger partial charge is 0.325 e. The standard InChI is InChI=1S/C25H27N3O3S2/c1-18-10-11-19(2)22(16-18)27-25(29)24(20-8-4-3-5-9-20)32-23-13-12-21(17-26-23)33(30,31)28-14-6-7-15-28/h3-5,8-13,16-17,24H,6-7,14-15H2,1-2H3,(H,27,29)/t24-/m1/s1. The number of amides is 1. The Hall–Kier alpha value is -2.68. The minimum absolute atomic E-state index is 0.157. The molecule has 0 unspecified atom stereocenters. The summed E-state index contributed by atoms with van der Waals surface area (Å²) in [5.41, 5.74) is 3.68. The number of anilines is 1. The Kier molecular flexibility index (Phi) is 7.17. The molecule has 0 spiro atoms. The summed E-state index contributed by atoms with van der Waals surface area (Å²) in [6.07, 6.45) is 3.16. The van der Waals surface area contributed by atoms with Crippen LogP contribution in [0.4, 0.5) is 5.69 Å². The monoisotopic (exact) mass is 481 g/mol. The Bertz CT molecular complexity index is 1220. The van der Waals surface area contributed by atoms with Gasteiger partial charge in [0, 0.05) is 25.0 Å². The zero-order valence-corrected chi connectivity index (χ0v) is 20.3. The third-order valence-corrected chi connectivity index (χ3v) is 8.73. The Labute approximate surface area is 199 Å². The van der Waals surface area contributed by atoms with E-state index in [4.69, 9.17) is 0 Å². The van der Waals surface area contributed by atoms with Crippen LogP contribution in [0.25, 0.3) is 0 Å². The van der Waals surface area contributed by atoms with Gasteiger partial charge in [-0.3, -0.25) is 4.79 Å². The van der Waals surface area contributed by atoms with Gasteiger partial charge >= 0.3 is 0 Å². The van der Waals surface area contributed by atoms with Crippen molar-refractivity contribution >= 4 is 33.4 Å². The molecule has 0 radical (unpaired) electrons. The second kappa shape index (κ2) is 10.1. The molecule has 1 aliphatic heterocycles. The Morgan fingerprint density at radius 1 is 1.03 bits per heavy atom. The van der Waals surface area contributed by atoms with Crippen LogP contribution < -0.4 is 5.32 Å². The van der Waals surface area contributed by atoms with Gasteiger partial charge in [0.1, 0.15) is 10.1 Å². The van der Waals surface area contributed by atoms with Gasteiger partial charge in [-0.15, -0.1) is 0 Å². The predicted molar refractivity (Wildman–Crippen MR) is 132 cm³/mol. The number of pyridine rings is 1. The first-order valence-corrected chi connectivity index (χ1v) is 13.2. The molecule has 1 aromatic heterocycles. The van der Waals surface area contributed by atoms with Crippen LogP contribution in [0.5, 0.6) is 0 Å². The van der Waals surface area contributed by atoms with Gasteiger partial charge in [0.2, 0.25) is 15.9 Å². The first-order valence-electron chi connectivity index (χ1n) is 10.9. The summed E-state index contributed by atoms with van der Waals surface area (Å²) in [5.74, 6) is -0.157. The second-order valence-electron chi connectivity index (χ2n) is 8.16. The van der Waals surface area contributed by atoms with Gasteiger partial charge in [-0.25, -0.2) is 13.4 Å². The number of rotatable bonds is 7. The lowest BCUT2D eigenvalue weighted by Gasteiger charge is -2.18. The van der Waals surface area contributed by atoms with Crippen LogP contribution in [0.1, 0.15) is 34.8 Å². The molecule has 1 N–H and O–H groups in total. The molecule has 2 aromatic carbocycles. The Morgan fingerprint density at radius 3 is 2.42 bits per heavy atom. The highest BCUT2D eigenvalue weighted by Gasteiger charge is 2.28. The molecule has 6 nitrogen and oxygen atoms in total. The number of aromatic nitrogens is 1. The lowest BCUT2D eigenvalue weighted by atomic mass is 10.1. The van der Waals surface area contributed by atoms with Crippen LogP contribution in [0.2, 0.25) is 0 Å². The van der Waals surface area contributed by atoms with Crippen LogP contribution in [0, 0.1) is 13.8 Å². The van der Waals surface area contributed by atoms with Gasteiger partial charge in [0.05, 0.1) is 5.03 Å². The zero-order valence-electron chi connectivity index (χ0n) is 18.7. The van der Waals surface area contributed by atoms with Gasteiger partial charge < -0.3 is 5.32 Å². The zero-order chi connectivity index (χ0) is 23.4. The summed E-state index contributed by atoms with van der Waals surface area (Å²) in [6, 6.07) is 18.7. The number of sulfonamides is 1. The third-order valence-electron chi connectivity index (χ3n) is 5.64. The summed E-state index contributed by atoms with van der Waals surface area (Å²) in [6.45, 7) is 5.04. The number of carbonyl (C=O) groups is 1. The first kappa shape index (κ1) is 23.5. The Morgan fingerprint density at radius 2 is 1.76 bits per heavy atom. The number of hydrogen-bond acceptors (Lipinski definition) is 5. The van der Waals surface area contributed by atoms with Crippen molar-refractivity contribution in [2.45, 2.75) is 41.9 Å². The van der Waals surface area contributed by atoms with Crippen molar-refractivity contribution in [3.63, 3.8) is 0 Å². The minimum Gasteiger partial charge on any atom is -0.325 e. The average molecular weight is 482 g/mol. The molecule has 172 valence electrons. The maximum atomic E-state index is 13.3. The molecule has 3 aromatic rings. The van der Waals surface area contributed by atoms with Crippen molar-refractivity contribution in [2.75, 3.05) is 18.4 Å². The molecule has 0 aliphatic carbocycles. The molecule has 0 saturated carbocycles. The van der Waals surface area contributed by atoms with E-state index in [1.54, 1.807) is 12.1 Å². The average Bonchev–Trinajstić information content (AvgIpc) is 3.37. The number of carbonyl (C=O) groups excluding carboxylic acids is 1. The topological polar surface area (TPSA) is 79.4 Å². The highest BCUT2D eigenvalue weighted by molar-refractivity contribution is 8.00. The van der Waals surface area contributed by atoms with E-state index in [-0.39, 0.29) is 10.8 Å². The molecule has 1 saturated heterocycles. The summed E-state index contributed by atoms with van der Waals surface area (Å²) in [4.78, 5) is 17.9. The summed E-state index contributed by atoms with van der Waals surface area (Å²) >= 11 is 1.30. The number of nitrogens with one attached hydrogen (secondary N) is 1. The second-order valence-corrected chi connectivity index (χ2v) is 11.2. The van der Waals surface area contributed by atoms with Crippen molar-refractivity contribution < 1.29 is 13.2 Å². The van der Waals surface area contributed by atoms with E-state index in [1.165, 1.54) is 22.3 Å². The lowest BCUT2D eigenvalue weighted by Crippen LogP contribution is -2.27. The van der Waals surface area contributed by atoms with E-state index in [1.807, 2.05) is 62.4 Å². The Balaban J connectivity index is 1.57. The molecular formula is C25H27N3O3S2. The molecule has 2 heterocycles. The number of aryl methyl sites for hydroxylation is 2. The molecule has 1 aliphatic rings. The van der Waals surface area contributed by atoms with E-state index in [9.17, 15) is 13.2 Å². The highest BCUT2D eigenvalue weighted by Crippen LogP contribution is 2.36. The van der Waals surface area contributed by atoms with Crippen molar-refractivity contribution in [2.24, 2.45) is 0 Å². The van der Waals surface area contributed by atoms with E-state index >= 15 is 0 Å². The van der Waals surface area contributed by atoms with Crippen molar-refractivity contribution in [3.05, 3.63) is 83.6 Å². The van der Waals surface area contributed by atoms with E-state index < -0.39 is 15.3 Å². The molecule has 1 atom stereocenters. The molecule has 1 fully saturated rings. The predicted octanol–water partition coefficient (Wildman–Crippen LogP) is 4.96. The van der Waals surface area contributed by atoms with Crippen LogP contribution in [-0.2, 0) is 14.8 Å². The fraction of sp³-hybridized carbons (Fsp3) is 0.280. The first-order chi connectivity index (χ1) is 15.8. The van der Waals surface area contributed by atoms with E-state index in [2.05, 4.69) is 10.3 Å². The number of benzene rings is 2. The van der Waals surface area contributed by atoms with Gasteiger partial charge in [-0.2, -0.15) is 4.31 Å².